The molecule has 0 aliphatic carbocycles. The molecule has 0 aromatic rings. The molecule has 2 rings (SSSR count). The first kappa shape index (κ1) is 15.0. The van der Waals surface area contributed by atoms with Crippen molar-refractivity contribution in [3.05, 3.63) is 0 Å². The molecule has 2 saturated heterocycles. The maximum absolute atomic E-state index is 13.1. The Morgan fingerprint density at radius 2 is 2.16 bits per heavy atom. The van der Waals surface area contributed by atoms with Crippen molar-refractivity contribution in [1.29, 1.82) is 0 Å². The number of hydrogen-bond acceptors (Lipinski definition) is 3. The largest absolute Gasteiger partial charge is 0.405 e. The molecule has 2 atom stereocenters. The molecule has 0 aromatic carbocycles. The number of amides is 1. The van der Waals surface area contributed by atoms with Crippen molar-refractivity contribution in [2.45, 2.75) is 43.2 Å². The van der Waals surface area contributed by atoms with Crippen molar-refractivity contribution in [3.8, 4) is 0 Å². The van der Waals surface area contributed by atoms with Gasteiger partial charge in [0.15, 0.2) is 0 Å². The number of halogens is 3. The smallest absolute Gasteiger partial charge is 0.354 e. The van der Waals surface area contributed by atoms with Crippen LogP contribution < -0.4 is 5.32 Å². The van der Waals surface area contributed by atoms with Crippen molar-refractivity contribution >= 4 is 17.7 Å². The Kier molecular flexibility index (Phi) is 5.00. The number of carbonyl (C=O) groups is 1. The van der Waals surface area contributed by atoms with E-state index in [1.807, 2.05) is 0 Å². The molecule has 0 bridgehead atoms. The van der Waals surface area contributed by atoms with Crippen molar-refractivity contribution in [1.82, 2.24) is 10.2 Å². The predicted octanol–water partition coefficient (Wildman–Crippen LogP) is 2.02. The van der Waals surface area contributed by atoms with Crippen molar-refractivity contribution in [2.75, 3.05) is 25.4 Å². The maximum Gasteiger partial charge on any atom is 0.405 e. The Morgan fingerprint density at radius 3 is 2.79 bits per heavy atom. The Morgan fingerprint density at radius 1 is 1.37 bits per heavy atom. The molecule has 110 valence electrons. The van der Waals surface area contributed by atoms with Gasteiger partial charge >= 0.3 is 6.18 Å². The first-order valence-corrected chi connectivity index (χ1v) is 7.71. The van der Waals surface area contributed by atoms with Crippen LogP contribution in [0.3, 0.4) is 0 Å². The SMILES string of the molecule is O=C1CCN(CC2CCCCS2)C(C(F)(F)F)CN1. The molecule has 0 saturated carbocycles. The minimum Gasteiger partial charge on any atom is -0.354 e. The lowest BCUT2D eigenvalue weighted by atomic mass is 10.1. The van der Waals surface area contributed by atoms with E-state index in [-0.39, 0.29) is 30.7 Å². The predicted molar refractivity (Wildman–Crippen MR) is 69.1 cm³/mol. The Hall–Kier alpha value is -0.430. The fourth-order valence-corrected chi connectivity index (χ4v) is 3.92. The normalized spacial score (nSPS) is 30.8. The molecule has 3 nitrogen and oxygen atoms in total. The summed E-state index contributed by atoms with van der Waals surface area (Å²) in [6.45, 7) is 0.316. The first-order chi connectivity index (χ1) is 8.97. The van der Waals surface area contributed by atoms with Gasteiger partial charge in [0.2, 0.25) is 5.91 Å². The van der Waals surface area contributed by atoms with Gasteiger partial charge in [0.25, 0.3) is 0 Å². The van der Waals surface area contributed by atoms with Gasteiger partial charge in [0.1, 0.15) is 6.04 Å². The van der Waals surface area contributed by atoms with Crippen LogP contribution in [0.15, 0.2) is 0 Å². The van der Waals surface area contributed by atoms with Gasteiger partial charge < -0.3 is 5.32 Å². The number of thioether (sulfide) groups is 1. The van der Waals surface area contributed by atoms with Gasteiger partial charge in [-0.2, -0.15) is 24.9 Å². The van der Waals surface area contributed by atoms with E-state index in [0.717, 1.165) is 25.0 Å². The zero-order valence-electron chi connectivity index (χ0n) is 10.7. The van der Waals surface area contributed by atoms with Gasteiger partial charge in [-0.25, -0.2) is 0 Å². The first-order valence-electron chi connectivity index (χ1n) is 6.66. The summed E-state index contributed by atoms with van der Waals surface area (Å²) < 4.78 is 39.2. The highest BCUT2D eigenvalue weighted by Crippen LogP contribution is 2.30. The average molecular weight is 296 g/mol. The van der Waals surface area contributed by atoms with Crippen LogP contribution in [-0.2, 0) is 4.79 Å². The van der Waals surface area contributed by atoms with E-state index in [4.69, 9.17) is 0 Å². The summed E-state index contributed by atoms with van der Waals surface area (Å²) >= 11 is 1.76. The molecule has 0 spiro atoms. The van der Waals surface area contributed by atoms with Crippen molar-refractivity contribution < 1.29 is 18.0 Å². The molecular formula is C12H19F3N2OS. The van der Waals surface area contributed by atoms with Crippen LogP contribution in [-0.4, -0.2) is 53.7 Å². The number of nitrogens with zero attached hydrogens (tertiary/aromatic N) is 1. The number of carbonyl (C=O) groups excluding carboxylic acids is 1. The summed E-state index contributed by atoms with van der Waals surface area (Å²) in [5.74, 6) is 0.750. The maximum atomic E-state index is 13.1. The molecule has 2 unspecified atom stereocenters. The van der Waals surface area contributed by atoms with Gasteiger partial charge in [-0.3, -0.25) is 9.69 Å². The van der Waals surface area contributed by atoms with Crippen molar-refractivity contribution in [2.24, 2.45) is 0 Å². The molecule has 19 heavy (non-hydrogen) atoms. The number of nitrogens with one attached hydrogen (secondary N) is 1. The lowest BCUT2D eigenvalue weighted by Gasteiger charge is -2.34. The fourth-order valence-electron chi connectivity index (χ4n) is 2.58. The van der Waals surface area contributed by atoms with Gasteiger partial charge in [0.05, 0.1) is 0 Å². The summed E-state index contributed by atoms with van der Waals surface area (Å²) in [7, 11) is 0. The third-order valence-electron chi connectivity index (χ3n) is 3.65. The number of rotatable bonds is 2. The van der Waals surface area contributed by atoms with Crippen LogP contribution in [0.4, 0.5) is 13.2 Å². The van der Waals surface area contributed by atoms with E-state index in [1.54, 1.807) is 11.8 Å². The molecule has 0 aromatic heterocycles. The minimum atomic E-state index is -4.28. The van der Waals surface area contributed by atoms with Crippen LogP contribution in [0.1, 0.15) is 25.7 Å². The lowest BCUT2D eigenvalue weighted by Crippen LogP contribution is -2.51. The van der Waals surface area contributed by atoms with Crippen LogP contribution in [0.2, 0.25) is 0 Å². The zero-order valence-corrected chi connectivity index (χ0v) is 11.5. The van der Waals surface area contributed by atoms with Gasteiger partial charge in [-0.1, -0.05) is 6.42 Å². The van der Waals surface area contributed by atoms with Crippen molar-refractivity contribution in [3.63, 3.8) is 0 Å². The summed E-state index contributed by atoms with van der Waals surface area (Å²) in [6, 6.07) is -1.54. The second-order valence-corrected chi connectivity index (χ2v) is 6.50. The highest BCUT2D eigenvalue weighted by Gasteiger charge is 2.45. The fraction of sp³-hybridized carbons (Fsp3) is 0.917. The average Bonchev–Trinajstić information content (AvgIpc) is 2.53. The standard InChI is InChI=1S/C12H19F3N2OS/c13-12(14,15)10-7-16-11(18)4-5-17(10)8-9-3-1-2-6-19-9/h9-10H,1-8H2,(H,16,18). The topological polar surface area (TPSA) is 32.3 Å². The van der Waals surface area contributed by atoms with Gasteiger partial charge in [0, 0.05) is 31.3 Å². The van der Waals surface area contributed by atoms with E-state index in [9.17, 15) is 18.0 Å². The molecule has 2 heterocycles. The Bertz CT molecular complexity index is 319. The molecule has 2 aliphatic heterocycles. The third-order valence-corrected chi connectivity index (χ3v) is 5.03. The summed E-state index contributed by atoms with van der Waals surface area (Å²) in [5, 5.41) is 2.63. The van der Waals surface area contributed by atoms with Crippen LogP contribution in [0, 0.1) is 0 Å². The Labute approximate surface area is 115 Å². The van der Waals surface area contributed by atoms with Gasteiger partial charge in [-0.05, 0) is 18.6 Å². The summed E-state index contributed by atoms with van der Waals surface area (Å²) in [5.41, 5.74) is 0. The minimum absolute atomic E-state index is 0.157. The molecule has 7 heteroatoms. The number of alkyl halides is 3. The lowest BCUT2D eigenvalue weighted by molar-refractivity contribution is -0.180. The van der Waals surface area contributed by atoms with Crippen LogP contribution >= 0.6 is 11.8 Å². The highest BCUT2D eigenvalue weighted by atomic mass is 32.2. The molecule has 0 radical (unpaired) electrons. The second-order valence-electron chi connectivity index (χ2n) is 5.10. The van der Waals surface area contributed by atoms with E-state index in [0.29, 0.717) is 6.54 Å². The monoisotopic (exact) mass is 296 g/mol. The molecule has 2 aliphatic rings. The van der Waals surface area contributed by atoms with Gasteiger partial charge in [-0.15, -0.1) is 0 Å². The van der Waals surface area contributed by atoms with E-state index in [2.05, 4.69) is 5.32 Å². The zero-order chi connectivity index (χ0) is 13.9. The molecular weight excluding hydrogens is 277 g/mol. The van der Waals surface area contributed by atoms with Crippen LogP contribution in [0.5, 0.6) is 0 Å². The second kappa shape index (κ2) is 6.35. The van der Waals surface area contributed by atoms with E-state index in [1.165, 1.54) is 4.90 Å². The van der Waals surface area contributed by atoms with E-state index < -0.39 is 12.2 Å². The van der Waals surface area contributed by atoms with E-state index >= 15 is 0 Å². The Balaban J connectivity index is 2.01. The quantitative estimate of drug-likeness (QED) is 0.846. The molecule has 1 amide bonds. The number of hydrogen-bond donors (Lipinski definition) is 1. The molecule has 1 N–H and O–H groups in total. The van der Waals surface area contributed by atoms with Crippen LogP contribution in [0.25, 0.3) is 0 Å². The molecule has 2 fully saturated rings. The highest BCUT2D eigenvalue weighted by molar-refractivity contribution is 7.99. The summed E-state index contributed by atoms with van der Waals surface area (Å²) in [6.07, 6.45) is -0.892. The summed E-state index contributed by atoms with van der Waals surface area (Å²) in [4.78, 5) is 12.7. The third kappa shape index (κ3) is 4.27.